The van der Waals surface area contributed by atoms with Crippen LogP contribution in [0.1, 0.15) is 0 Å². The van der Waals surface area contributed by atoms with Gasteiger partial charge in [0, 0.05) is 11.5 Å². The van der Waals surface area contributed by atoms with E-state index in [1.54, 1.807) is 19.2 Å². The lowest BCUT2D eigenvalue weighted by Crippen LogP contribution is -2.03. The van der Waals surface area contributed by atoms with Gasteiger partial charge in [-0.15, -0.1) is 0 Å². The first-order valence-corrected chi connectivity index (χ1v) is 7.89. The number of hydrogen-bond donors (Lipinski definition) is 3. The normalized spacial score (nSPS) is 10.6. The number of benzene rings is 1. The number of anilines is 3. The first kappa shape index (κ1) is 17.2. The van der Waals surface area contributed by atoms with E-state index in [1.165, 1.54) is 19.5 Å². The largest absolute Gasteiger partial charge is 0.495 e. The number of pyridine rings is 2. The van der Waals surface area contributed by atoms with E-state index in [1.807, 2.05) is 0 Å². The van der Waals surface area contributed by atoms with Crippen LogP contribution in [0.5, 0.6) is 11.5 Å². The molecule has 7 nitrogen and oxygen atoms in total. The molecular weight excluding hydrogens is 395 g/mol. The van der Waals surface area contributed by atoms with E-state index >= 15 is 0 Å². The smallest absolute Gasteiger partial charge is 0.168 e. The van der Waals surface area contributed by atoms with Gasteiger partial charge in [-0.3, -0.25) is 20.7 Å². The summed E-state index contributed by atoms with van der Waals surface area (Å²) in [5, 5.41) is 13.0. The lowest BCUT2D eigenvalue weighted by atomic mass is 10.1. The Morgan fingerprint density at radius 1 is 1.08 bits per heavy atom. The fraction of sp³-hybridized carbons (Fsp3) is 0.125. The van der Waals surface area contributed by atoms with E-state index in [0.29, 0.717) is 26.8 Å². The van der Waals surface area contributed by atoms with Crippen molar-refractivity contribution in [2.75, 3.05) is 25.0 Å². The maximum atomic E-state index is 14.2. The molecule has 0 bridgehead atoms. The second-order valence-corrected chi connectivity index (χ2v) is 5.84. The molecule has 3 aromatic rings. The number of aromatic nitrogens is 2. The average Bonchev–Trinajstić information content (AvgIpc) is 2.63. The molecule has 0 saturated heterocycles. The van der Waals surface area contributed by atoms with Crippen LogP contribution < -0.4 is 20.3 Å². The molecule has 0 aliphatic heterocycles. The fourth-order valence-corrected chi connectivity index (χ4v) is 2.89. The lowest BCUT2D eigenvalue weighted by molar-refractivity contribution is 0.389. The third kappa shape index (κ3) is 3.15. The highest BCUT2D eigenvalue weighted by atomic mass is 79.9. The van der Waals surface area contributed by atoms with Gasteiger partial charge < -0.3 is 14.8 Å². The van der Waals surface area contributed by atoms with Crippen molar-refractivity contribution in [3.63, 3.8) is 0 Å². The van der Waals surface area contributed by atoms with E-state index < -0.39 is 5.82 Å². The zero-order valence-electron chi connectivity index (χ0n) is 13.3. The summed E-state index contributed by atoms with van der Waals surface area (Å²) in [4.78, 5) is 8.03. The van der Waals surface area contributed by atoms with Crippen molar-refractivity contribution in [2.45, 2.75) is 0 Å². The van der Waals surface area contributed by atoms with Crippen molar-refractivity contribution in [3.05, 3.63) is 41.0 Å². The Bertz CT molecular complexity index is 939. The van der Waals surface area contributed by atoms with Crippen LogP contribution in [0.3, 0.4) is 0 Å². The van der Waals surface area contributed by atoms with Crippen LogP contribution in [-0.2, 0) is 0 Å². The van der Waals surface area contributed by atoms with Gasteiger partial charge in [0.25, 0.3) is 0 Å². The number of ether oxygens (including phenoxy) is 2. The summed E-state index contributed by atoms with van der Waals surface area (Å²) in [7, 11) is 2.96. The molecule has 0 aliphatic rings. The molecule has 0 spiro atoms. The molecule has 9 heteroatoms. The highest BCUT2D eigenvalue weighted by Crippen LogP contribution is 2.39. The second-order valence-electron chi connectivity index (χ2n) is 4.99. The van der Waals surface area contributed by atoms with Crippen LogP contribution in [0.25, 0.3) is 10.9 Å². The van der Waals surface area contributed by atoms with Crippen LogP contribution in [0.15, 0.2) is 35.2 Å². The quantitative estimate of drug-likeness (QED) is 0.547. The number of rotatable bonds is 5. The number of fused-ring (bicyclic) bond motifs is 1. The van der Waals surface area contributed by atoms with Gasteiger partial charge in [0.1, 0.15) is 17.1 Å². The van der Waals surface area contributed by atoms with Crippen molar-refractivity contribution < 1.29 is 19.1 Å². The molecular formula is C16H14BrFN4O3. The molecule has 0 fully saturated rings. The predicted molar refractivity (Wildman–Crippen MR) is 95.4 cm³/mol. The Hall–Kier alpha value is -2.65. The Morgan fingerprint density at radius 2 is 1.84 bits per heavy atom. The van der Waals surface area contributed by atoms with Gasteiger partial charge in [-0.05, 0) is 22.0 Å². The number of nitrogens with one attached hydrogen (secondary N) is 2. The van der Waals surface area contributed by atoms with Crippen molar-refractivity contribution >= 4 is 43.9 Å². The topological polar surface area (TPSA) is 88.5 Å². The van der Waals surface area contributed by atoms with Gasteiger partial charge in [-0.1, -0.05) is 0 Å². The van der Waals surface area contributed by atoms with Gasteiger partial charge in [-0.25, -0.2) is 4.39 Å². The first-order valence-electron chi connectivity index (χ1n) is 7.10. The van der Waals surface area contributed by atoms with Crippen LogP contribution >= 0.6 is 15.9 Å². The highest BCUT2D eigenvalue weighted by Gasteiger charge is 2.16. The lowest BCUT2D eigenvalue weighted by Gasteiger charge is -2.17. The second kappa shape index (κ2) is 7.08. The van der Waals surface area contributed by atoms with Gasteiger partial charge in [0.2, 0.25) is 0 Å². The van der Waals surface area contributed by atoms with E-state index in [-0.39, 0.29) is 17.1 Å². The standard InChI is InChI=1S/C16H14BrFN4O3/c1-24-13-4-11-8(3-9(13)17)15(12(22-23)6-20-11)21-16-10(18)5-19-7-14(16)25-2/h3-7,22-23H,1-2H3,(H,19,20,21). The third-order valence-corrected chi connectivity index (χ3v) is 4.22. The van der Waals surface area contributed by atoms with Crippen LogP contribution in [-0.4, -0.2) is 29.4 Å². The van der Waals surface area contributed by atoms with E-state index in [9.17, 15) is 9.60 Å². The molecule has 2 heterocycles. The van der Waals surface area contributed by atoms with Crippen molar-refractivity contribution in [1.29, 1.82) is 0 Å². The molecule has 0 saturated carbocycles. The molecule has 0 amide bonds. The van der Waals surface area contributed by atoms with Crippen LogP contribution in [0, 0.1) is 5.82 Å². The van der Waals surface area contributed by atoms with Crippen molar-refractivity contribution in [3.8, 4) is 11.5 Å². The van der Waals surface area contributed by atoms with Crippen LogP contribution in [0.2, 0.25) is 0 Å². The molecule has 0 unspecified atom stereocenters. The molecule has 25 heavy (non-hydrogen) atoms. The number of nitrogens with zero attached hydrogens (tertiary/aromatic N) is 2. The maximum Gasteiger partial charge on any atom is 0.168 e. The molecule has 0 aliphatic carbocycles. The molecule has 2 aromatic heterocycles. The highest BCUT2D eigenvalue weighted by molar-refractivity contribution is 9.10. The Balaban J connectivity index is 2.22. The molecule has 3 rings (SSSR count). The third-order valence-electron chi connectivity index (χ3n) is 3.60. The molecule has 1 aromatic carbocycles. The van der Waals surface area contributed by atoms with E-state index in [0.717, 1.165) is 6.20 Å². The SMILES string of the molecule is COc1cc2ncc(NO)c(Nc3c(F)cncc3OC)c2cc1Br. The average molecular weight is 409 g/mol. The number of methoxy groups -OCH3 is 2. The summed E-state index contributed by atoms with van der Waals surface area (Å²) >= 11 is 3.41. The molecule has 3 N–H and O–H groups in total. The maximum absolute atomic E-state index is 14.2. The Labute approximate surface area is 150 Å². The first-order chi connectivity index (χ1) is 12.1. The predicted octanol–water partition coefficient (Wildman–Crippen LogP) is 4.09. The summed E-state index contributed by atoms with van der Waals surface area (Å²) in [6, 6.07) is 3.49. The molecule has 0 atom stereocenters. The van der Waals surface area contributed by atoms with E-state index in [2.05, 4.69) is 36.7 Å². The summed E-state index contributed by atoms with van der Waals surface area (Å²) in [5.74, 6) is 0.227. The summed E-state index contributed by atoms with van der Waals surface area (Å²) in [5.41, 5.74) is 3.43. The Morgan fingerprint density at radius 3 is 2.52 bits per heavy atom. The summed E-state index contributed by atoms with van der Waals surface area (Å²) < 4.78 is 25.3. The van der Waals surface area contributed by atoms with Gasteiger partial charge >= 0.3 is 0 Å². The fourth-order valence-electron chi connectivity index (χ4n) is 2.39. The molecule has 130 valence electrons. The zero-order chi connectivity index (χ0) is 18.0. The van der Waals surface area contributed by atoms with Crippen molar-refractivity contribution in [1.82, 2.24) is 9.97 Å². The van der Waals surface area contributed by atoms with Crippen molar-refractivity contribution in [2.24, 2.45) is 0 Å². The monoisotopic (exact) mass is 408 g/mol. The van der Waals surface area contributed by atoms with E-state index in [4.69, 9.17) is 9.47 Å². The van der Waals surface area contributed by atoms with Gasteiger partial charge in [-0.2, -0.15) is 0 Å². The Kier molecular flexibility index (Phi) is 4.86. The summed E-state index contributed by atoms with van der Waals surface area (Å²) in [6.07, 6.45) is 3.88. The molecule has 0 radical (unpaired) electrons. The van der Waals surface area contributed by atoms with Gasteiger partial charge in [0.15, 0.2) is 11.6 Å². The zero-order valence-corrected chi connectivity index (χ0v) is 14.9. The summed E-state index contributed by atoms with van der Waals surface area (Å²) in [6.45, 7) is 0. The minimum atomic E-state index is -0.597. The van der Waals surface area contributed by atoms with Crippen LogP contribution in [0.4, 0.5) is 21.5 Å². The minimum Gasteiger partial charge on any atom is -0.495 e. The minimum absolute atomic E-state index is 0.0911. The number of hydrogen-bond acceptors (Lipinski definition) is 7. The number of halogens is 2. The van der Waals surface area contributed by atoms with Gasteiger partial charge in [0.05, 0.1) is 48.5 Å².